The zero-order valence-corrected chi connectivity index (χ0v) is 16.2. The van der Waals surface area contributed by atoms with Crippen LogP contribution in [-0.2, 0) is 19.1 Å². The Morgan fingerprint density at radius 3 is 2.82 bits per heavy atom. The minimum Gasteiger partial charge on any atom is -0.454 e. The Hall–Kier alpha value is -2.75. The van der Waals surface area contributed by atoms with Crippen LogP contribution in [0.15, 0.2) is 17.5 Å². The van der Waals surface area contributed by atoms with Crippen molar-refractivity contribution >= 4 is 41.1 Å². The van der Waals surface area contributed by atoms with Crippen molar-refractivity contribution in [2.45, 2.75) is 38.1 Å². The molecule has 2 aliphatic rings. The molecule has 9 nitrogen and oxygen atoms in total. The zero-order valence-electron chi connectivity index (χ0n) is 15.4. The van der Waals surface area contributed by atoms with E-state index in [0.717, 1.165) is 24.2 Å². The average molecular weight is 407 g/mol. The highest BCUT2D eigenvalue weighted by molar-refractivity contribution is 7.12. The Balaban J connectivity index is 1.50. The second kappa shape index (κ2) is 8.09. The van der Waals surface area contributed by atoms with Gasteiger partial charge in [0.15, 0.2) is 6.61 Å². The number of nitrogens with one attached hydrogen (secondary N) is 2. The van der Waals surface area contributed by atoms with Gasteiger partial charge >= 0.3 is 12.0 Å². The predicted molar refractivity (Wildman–Crippen MR) is 98.4 cm³/mol. The summed E-state index contributed by atoms with van der Waals surface area (Å²) in [5.74, 6) is -2.73. The smallest absolute Gasteiger partial charge is 0.326 e. The van der Waals surface area contributed by atoms with Gasteiger partial charge in [-0.3, -0.25) is 29.4 Å². The van der Waals surface area contributed by atoms with Crippen LogP contribution in [0.3, 0.4) is 0 Å². The second-order valence-electron chi connectivity index (χ2n) is 6.95. The molecule has 1 spiro atoms. The van der Waals surface area contributed by atoms with E-state index in [1.54, 1.807) is 17.5 Å². The Kier molecular flexibility index (Phi) is 5.78. The number of imide groups is 2. The summed E-state index contributed by atoms with van der Waals surface area (Å²) in [4.78, 5) is 61.7. The van der Waals surface area contributed by atoms with Gasteiger partial charge in [0.05, 0.1) is 4.88 Å². The highest BCUT2D eigenvalue weighted by Crippen LogP contribution is 2.38. The second-order valence-corrected chi connectivity index (χ2v) is 7.90. The summed E-state index contributed by atoms with van der Waals surface area (Å²) in [6.07, 6.45) is 3.18. The van der Waals surface area contributed by atoms with E-state index < -0.39 is 48.4 Å². The number of carbonyl (C=O) groups is 5. The van der Waals surface area contributed by atoms with E-state index in [2.05, 4.69) is 10.6 Å². The van der Waals surface area contributed by atoms with Crippen molar-refractivity contribution in [1.82, 2.24) is 15.5 Å². The highest BCUT2D eigenvalue weighted by Gasteiger charge is 2.55. The first-order valence-electron chi connectivity index (χ1n) is 9.01. The molecular weight excluding hydrogens is 386 g/mol. The van der Waals surface area contributed by atoms with Crippen LogP contribution in [0.2, 0.25) is 0 Å². The van der Waals surface area contributed by atoms with Crippen molar-refractivity contribution in [2.75, 3.05) is 13.2 Å². The van der Waals surface area contributed by atoms with Gasteiger partial charge in [0.1, 0.15) is 12.1 Å². The van der Waals surface area contributed by atoms with Crippen molar-refractivity contribution in [3.05, 3.63) is 22.4 Å². The molecule has 1 aromatic heterocycles. The maximum absolute atomic E-state index is 12.8. The molecule has 150 valence electrons. The van der Waals surface area contributed by atoms with Gasteiger partial charge in [0.2, 0.25) is 0 Å². The van der Waals surface area contributed by atoms with Crippen LogP contribution in [0.5, 0.6) is 0 Å². The summed E-state index contributed by atoms with van der Waals surface area (Å²) in [6, 6.07) is 2.59. The number of hydrogen-bond acceptors (Lipinski definition) is 7. The standard InChI is InChI=1S/C18H21N3O6S/c1-11-5-2-3-7-18(11)16(25)21(17(26)20-18)9-14(23)27-10-13(22)19-15(24)12-6-4-8-28-12/h4,6,8,11H,2-3,5,7,9-10H2,1H3,(H,20,26)(H,19,22,24)/t11-,18+/m0/s1. The van der Waals surface area contributed by atoms with Crippen molar-refractivity contribution < 1.29 is 28.7 Å². The lowest BCUT2D eigenvalue weighted by molar-refractivity contribution is -0.151. The molecule has 2 atom stereocenters. The van der Waals surface area contributed by atoms with E-state index in [4.69, 9.17) is 4.74 Å². The highest BCUT2D eigenvalue weighted by atomic mass is 32.1. The number of rotatable bonds is 5. The summed E-state index contributed by atoms with van der Waals surface area (Å²) in [5, 5.41) is 6.53. The third-order valence-electron chi connectivity index (χ3n) is 5.15. The van der Waals surface area contributed by atoms with Gasteiger partial charge in [-0.1, -0.05) is 25.8 Å². The summed E-state index contributed by atoms with van der Waals surface area (Å²) in [5.41, 5.74) is -0.958. The quantitative estimate of drug-likeness (QED) is 0.556. The number of nitrogens with zero attached hydrogens (tertiary/aromatic N) is 1. The van der Waals surface area contributed by atoms with Crippen LogP contribution in [0.25, 0.3) is 0 Å². The summed E-state index contributed by atoms with van der Waals surface area (Å²) >= 11 is 1.17. The number of ether oxygens (including phenoxy) is 1. The van der Waals surface area contributed by atoms with Gasteiger partial charge < -0.3 is 10.1 Å². The van der Waals surface area contributed by atoms with E-state index in [0.29, 0.717) is 11.3 Å². The molecule has 1 aliphatic heterocycles. The van der Waals surface area contributed by atoms with Crippen LogP contribution >= 0.6 is 11.3 Å². The lowest BCUT2D eigenvalue weighted by Gasteiger charge is -2.36. The van der Waals surface area contributed by atoms with Gasteiger partial charge in [0, 0.05) is 0 Å². The minimum atomic E-state index is -0.958. The number of esters is 1. The normalized spacial score (nSPS) is 24.2. The van der Waals surface area contributed by atoms with Crippen LogP contribution < -0.4 is 10.6 Å². The van der Waals surface area contributed by atoms with Crippen LogP contribution in [0.4, 0.5) is 4.79 Å². The Morgan fingerprint density at radius 1 is 1.36 bits per heavy atom. The molecular formula is C18H21N3O6S. The fourth-order valence-corrected chi connectivity index (χ4v) is 4.21. The van der Waals surface area contributed by atoms with E-state index in [-0.39, 0.29) is 5.92 Å². The minimum absolute atomic E-state index is 0.0206. The molecule has 1 aliphatic carbocycles. The van der Waals surface area contributed by atoms with Gasteiger partial charge in [-0.25, -0.2) is 4.79 Å². The average Bonchev–Trinajstić information content (AvgIpc) is 3.27. The van der Waals surface area contributed by atoms with Crippen LogP contribution in [-0.4, -0.2) is 53.3 Å². The first-order chi connectivity index (χ1) is 13.3. The van der Waals surface area contributed by atoms with E-state index >= 15 is 0 Å². The van der Waals surface area contributed by atoms with Gasteiger partial charge in [-0.15, -0.1) is 11.3 Å². The third-order valence-corrected chi connectivity index (χ3v) is 6.02. The number of carbonyl (C=O) groups excluding carboxylic acids is 5. The van der Waals surface area contributed by atoms with E-state index in [1.807, 2.05) is 6.92 Å². The lowest BCUT2D eigenvalue weighted by atomic mass is 9.73. The summed E-state index contributed by atoms with van der Waals surface area (Å²) in [6.45, 7) is 0.653. The molecule has 2 heterocycles. The SMILES string of the molecule is C[C@H]1CCCC[C@@]12NC(=O)N(CC(=O)OCC(=O)NC(=O)c1cccs1)C2=O. The van der Waals surface area contributed by atoms with Crippen molar-refractivity contribution in [1.29, 1.82) is 0 Å². The third kappa shape index (κ3) is 3.91. The first-order valence-corrected chi connectivity index (χ1v) is 9.89. The largest absolute Gasteiger partial charge is 0.454 e. The van der Waals surface area contributed by atoms with Gasteiger partial charge in [-0.2, -0.15) is 0 Å². The molecule has 0 unspecified atom stereocenters. The number of thiophene rings is 1. The molecule has 28 heavy (non-hydrogen) atoms. The molecule has 2 N–H and O–H groups in total. The van der Waals surface area contributed by atoms with Crippen molar-refractivity contribution in [2.24, 2.45) is 5.92 Å². The molecule has 1 saturated heterocycles. The Labute approximate surface area is 165 Å². The molecule has 0 radical (unpaired) electrons. The van der Waals surface area contributed by atoms with E-state index in [9.17, 15) is 24.0 Å². The van der Waals surface area contributed by atoms with Gasteiger partial charge in [-0.05, 0) is 30.2 Å². The Morgan fingerprint density at radius 2 is 2.14 bits per heavy atom. The molecule has 0 bridgehead atoms. The molecule has 1 aromatic rings. The predicted octanol–water partition coefficient (Wildman–Crippen LogP) is 1.05. The van der Waals surface area contributed by atoms with Crippen LogP contribution in [0, 0.1) is 5.92 Å². The number of hydrogen-bond donors (Lipinski definition) is 2. The number of amides is 5. The topological polar surface area (TPSA) is 122 Å². The molecule has 1 saturated carbocycles. The molecule has 3 rings (SSSR count). The monoisotopic (exact) mass is 407 g/mol. The molecule has 5 amide bonds. The molecule has 10 heteroatoms. The van der Waals surface area contributed by atoms with Crippen LogP contribution in [0.1, 0.15) is 42.3 Å². The summed E-state index contributed by atoms with van der Waals surface area (Å²) in [7, 11) is 0. The van der Waals surface area contributed by atoms with Gasteiger partial charge in [0.25, 0.3) is 17.7 Å². The number of urea groups is 1. The molecule has 2 fully saturated rings. The van der Waals surface area contributed by atoms with Crippen molar-refractivity contribution in [3.8, 4) is 0 Å². The maximum Gasteiger partial charge on any atom is 0.326 e. The first kappa shape index (κ1) is 20.0. The Bertz CT molecular complexity index is 808. The zero-order chi connectivity index (χ0) is 20.3. The fraction of sp³-hybridized carbons (Fsp3) is 0.500. The molecule has 0 aromatic carbocycles. The fourth-order valence-electron chi connectivity index (χ4n) is 3.59. The van der Waals surface area contributed by atoms with Crippen molar-refractivity contribution in [3.63, 3.8) is 0 Å². The lowest BCUT2D eigenvalue weighted by Crippen LogP contribution is -2.54. The summed E-state index contributed by atoms with van der Waals surface area (Å²) < 4.78 is 4.81. The van der Waals surface area contributed by atoms with E-state index in [1.165, 1.54) is 11.3 Å². The maximum atomic E-state index is 12.8.